The predicted octanol–water partition coefficient (Wildman–Crippen LogP) is 4.23. The minimum Gasteiger partial charge on any atom is -0.339 e. The molecule has 94 valence electrons. The first-order valence-corrected chi connectivity index (χ1v) is 6.66. The lowest BCUT2D eigenvalue weighted by atomic mass is 10.3. The topological polar surface area (TPSA) is 37.8 Å². The van der Waals surface area contributed by atoms with Crippen LogP contribution < -0.4 is 5.32 Å². The van der Waals surface area contributed by atoms with Crippen molar-refractivity contribution in [2.75, 3.05) is 5.32 Å². The average molecular weight is 378 g/mol. The predicted molar refractivity (Wildman–Crippen MR) is 78.9 cm³/mol. The van der Waals surface area contributed by atoms with Gasteiger partial charge < -0.3 is 5.32 Å². The van der Waals surface area contributed by atoms with Crippen molar-refractivity contribution in [3.63, 3.8) is 0 Å². The first-order valence-electron chi connectivity index (χ1n) is 5.20. The number of nitrogens with zero attached hydrogens (tertiary/aromatic N) is 2. The molecule has 0 aliphatic carbocycles. The lowest BCUT2D eigenvalue weighted by Gasteiger charge is -2.11. The average Bonchev–Trinajstić information content (AvgIpc) is 2.29. The minimum absolute atomic E-state index is 0.265. The van der Waals surface area contributed by atoms with Crippen LogP contribution in [-0.4, -0.2) is 9.97 Å². The van der Waals surface area contributed by atoms with Crippen LogP contribution in [0.25, 0.3) is 0 Å². The summed E-state index contributed by atoms with van der Waals surface area (Å²) in [4.78, 5) is 8.35. The van der Waals surface area contributed by atoms with E-state index in [2.05, 4.69) is 37.9 Å². The van der Waals surface area contributed by atoms with Crippen molar-refractivity contribution in [1.29, 1.82) is 0 Å². The van der Waals surface area contributed by atoms with Crippen LogP contribution in [0.4, 0.5) is 15.9 Å². The number of anilines is 2. The van der Waals surface area contributed by atoms with Gasteiger partial charge >= 0.3 is 0 Å². The van der Waals surface area contributed by atoms with E-state index >= 15 is 0 Å². The minimum atomic E-state index is -0.265. The van der Waals surface area contributed by atoms with Crippen molar-refractivity contribution in [3.8, 4) is 0 Å². The Labute approximate surface area is 123 Å². The summed E-state index contributed by atoms with van der Waals surface area (Å²) < 4.78 is 13.8. The zero-order chi connectivity index (χ0) is 13.3. The standard InChI is InChI=1S/C12H10ClFIN3/c1-6-11(13)16-7(2)17-12(6)18-10-4-3-8(14)5-9(10)15/h3-5H,1-2H3,(H,16,17,18). The molecule has 0 atom stereocenters. The molecule has 1 aromatic carbocycles. The number of halogens is 3. The summed E-state index contributed by atoms with van der Waals surface area (Å²) in [5.41, 5.74) is 1.55. The highest BCUT2D eigenvalue weighted by Gasteiger charge is 2.09. The molecule has 0 radical (unpaired) electrons. The van der Waals surface area contributed by atoms with Gasteiger partial charge in [-0.05, 0) is 54.6 Å². The third-order valence-corrected chi connectivity index (χ3v) is 3.64. The van der Waals surface area contributed by atoms with Gasteiger partial charge in [-0.3, -0.25) is 0 Å². The van der Waals surface area contributed by atoms with Gasteiger partial charge in [0.05, 0.1) is 5.69 Å². The lowest BCUT2D eigenvalue weighted by Crippen LogP contribution is -2.02. The second-order valence-corrected chi connectivity index (χ2v) is 5.30. The van der Waals surface area contributed by atoms with Crippen molar-refractivity contribution >= 4 is 45.7 Å². The maximum Gasteiger partial charge on any atom is 0.138 e. The Kier molecular flexibility index (Phi) is 4.01. The summed E-state index contributed by atoms with van der Waals surface area (Å²) in [7, 11) is 0. The highest BCUT2D eigenvalue weighted by Crippen LogP contribution is 2.26. The zero-order valence-electron chi connectivity index (χ0n) is 9.76. The molecule has 0 aliphatic heterocycles. The third kappa shape index (κ3) is 2.89. The first-order chi connectivity index (χ1) is 8.47. The molecular weight excluding hydrogens is 368 g/mol. The van der Waals surface area contributed by atoms with E-state index in [1.807, 2.05) is 6.92 Å². The Balaban J connectivity index is 2.40. The smallest absolute Gasteiger partial charge is 0.138 e. The Morgan fingerprint density at radius 2 is 2.00 bits per heavy atom. The van der Waals surface area contributed by atoms with Crippen LogP contribution in [0.2, 0.25) is 5.15 Å². The molecule has 0 amide bonds. The summed E-state index contributed by atoms with van der Waals surface area (Å²) in [6, 6.07) is 4.52. The lowest BCUT2D eigenvalue weighted by molar-refractivity contribution is 0.627. The molecule has 2 aromatic rings. The SMILES string of the molecule is Cc1nc(Cl)c(C)c(Nc2ccc(F)cc2I)n1. The second-order valence-electron chi connectivity index (χ2n) is 3.78. The molecule has 1 heterocycles. The van der Waals surface area contributed by atoms with Crippen LogP contribution in [-0.2, 0) is 0 Å². The molecule has 0 aliphatic rings. The zero-order valence-corrected chi connectivity index (χ0v) is 12.7. The van der Waals surface area contributed by atoms with Gasteiger partial charge in [-0.1, -0.05) is 11.6 Å². The fraction of sp³-hybridized carbons (Fsp3) is 0.167. The van der Waals surface area contributed by atoms with Gasteiger partial charge in [0.1, 0.15) is 22.6 Å². The molecule has 0 saturated heterocycles. The number of hydrogen-bond acceptors (Lipinski definition) is 3. The first kappa shape index (κ1) is 13.5. The maximum atomic E-state index is 13.0. The highest BCUT2D eigenvalue weighted by molar-refractivity contribution is 14.1. The van der Waals surface area contributed by atoms with Gasteiger partial charge in [0.15, 0.2) is 0 Å². The number of nitrogens with one attached hydrogen (secondary N) is 1. The number of aromatic nitrogens is 2. The van der Waals surface area contributed by atoms with Gasteiger partial charge in [-0.15, -0.1) is 0 Å². The van der Waals surface area contributed by atoms with Crippen LogP contribution >= 0.6 is 34.2 Å². The van der Waals surface area contributed by atoms with Crippen LogP contribution in [0.3, 0.4) is 0 Å². The molecule has 0 bridgehead atoms. The fourth-order valence-electron chi connectivity index (χ4n) is 1.43. The van der Waals surface area contributed by atoms with Crippen molar-refractivity contribution in [1.82, 2.24) is 9.97 Å². The van der Waals surface area contributed by atoms with Crippen LogP contribution in [0, 0.1) is 23.2 Å². The summed E-state index contributed by atoms with van der Waals surface area (Å²) >= 11 is 8.06. The van der Waals surface area contributed by atoms with E-state index in [4.69, 9.17) is 11.6 Å². The van der Waals surface area contributed by atoms with E-state index in [1.54, 1.807) is 13.0 Å². The maximum absolute atomic E-state index is 13.0. The Morgan fingerprint density at radius 3 is 2.67 bits per heavy atom. The summed E-state index contributed by atoms with van der Waals surface area (Å²) in [6.45, 7) is 3.60. The summed E-state index contributed by atoms with van der Waals surface area (Å²) in [5.74, 6) is 0.959. The third-order valence-electron chi connectivity index (χ3n) is 2.38. The quantitative estimate of drug-likeness (QED) is 0.628. The van der Waals surface area contributed by atoms with Gasteiger partial charge in [-0.2, -0.15) is 0 Å². The van der Waals surface area contributed by atoms with E-state index in [0.29, 0.717) is 16.8 Å². The van der Waals surface area contributed by atoms with Crippen molar-refractivity contribution in [3.05, 3.63) is 44.1 Å². The molecule has 1 N–H and O–H groups in total. The fourth-order valence-corrected chi connectivity index (χ4v) is 2.26. The highest BCUT2D eigenvalue weighted by atomic mass is 127. The van der Waals surface area contributed by atoms with Crippen LogP contribution in [0.15, 0.2) is 18.2 Å². The summed E-state index contributed by atoms with van der Waals surface area (Å²) in [5, 5.41) is 3.56. The van der Waals surface area contributed by atoms with Crippen LogP contribution in [0.5, 0.6) is 0 Å². The molecule has 6 heteroatoms. The number of benzene rings is 1. The molecule has 3 nitrogen and oxygen atoms in total. The van der Waals surface area contributed by atoms with Gasteiger partial charge in [0.2, 0.25) is 0 Å². The molecule has 0 saturated carbocycles. The van der Waals surface area contributed by atoms with E-state index in [-0.39, 0.29) is 5.82 Å². The number of aryl methyl sites for hydroxylation is 1. The molecule has 0 spiro atoms. The number of hydrogen-bond donors (Lipinski definition) is 1. The summed E-state index contributed by atoms with van der Waals surface area (Å²) in [6.07, 6.45) is 0. The Morgan fingerprint density at radius 1 is 1.28 bits per heavy atom. The van der Waals surface area contributed by atoms with Crippen molar-refractivity contribution in [2.24, 2.45) is 0 Å². The van der Waals surface area contributed by atoms with E-state index in [1.165, 1.54) is 12.1 Å². The normalized spacial score (nSPS) is 10.5. The van der Waals surface area contributed by atoms with Crippen LogP contribution in [0.1, 0.15) is 11.4 Å². The van der Waals surface area contributed by atoms with Crippen molar-refractivity contribution < 1.29 is 4.39 Å². The van der Waals surface area contributed by atoms with E-state index in [0.717, 1.165) is 14.8 Å². The second kappa shape index (κ2) is 5.36. The van der Waals surface area contributed by atoms with Gasteiger partial charge in [-0.25, -0.2) is 14.4 Å². The van der Waals surface area contributed by atoms with E-state index < -0.39 is 0 Å². The largest absolute Gasteiger partial charge is 0.339 e. The van der Waals surface area contributed by atoms with Gasteiger partial charge in [0, 0.05) is 9.13 Å². The monoisotopic (exact) mass is 377 g/mol. The molecule has 0 unspecified atom stereocenters. The van der Waals surface area contributed by atoms with Gasteiger partial charge in [0.25, 0.3) is 0 Å². The molecule has 1 aromatic heterocycles. The Hall–Kier alpha value is -0.950. The van der Waals surface area contributed by atoms with E-state index in [9.17, 15) is 4.39 Å². The Bertz CT molecular complexity index is 604. The van der Waals surface area contributed by atoms with Crippen molar-refractivity contribution in [2.45, 2.75) is 13.8 Å². The molecule has 0 fully saturated rings. The molecular formula is C12H10ClFIN3. The number of rotatable bonds is 2. The molecule has 18 heavy (non-hydrogen) atoms. The molecule has 2 rings (SSSR count).